The van der Waals surface area contributed by atoms with Crippen molar-refractivity contribution in [1.82, 2.24) is 10.6 Å². The Balaban J connectivity index is 1.76. The Morgan fingerprint density at radius 1 is 1.21 bits per heavy atom. The van der Waals surface area contributed by atoms with Crippen molar-refractivity contribution in [3.8, 4) is 0 Å². The number of nitrogens with one attached hydrogen (secondary N) is 2. The van der Waals surface area contributed by atoms with Crippen LogP contribution in [0, 0.1) is 5.92 Å². The number of carboxylic acids is 1. The second-order valence-electron chi connectivity index (χ2n) is 6.03. The second kappa shape index (κ2) is 5.90. The first kappa shape index (κ1) is 14.3. The Kier molecular flexibility index (Phi) is 4.45. The Morgan fingerprint density at radius 3 is 2.42 bits per heavy atom. The van der Waals surface area contributed by atoms with E-state index in [2.05, 4.69) is 17.6 Å². The molecule has 19 heavy (non-hydrogen) atoms. The standard InChI is InChI=1S/C14H24N2O3/c1-10-5-2-3-6-11(10)16-12(17)9-15-14(13(18)19)7-4-8-14/h10-11,15H,2-9H2,1H3,(H,16,17)(H,18,19). The molecule has 2 aliphatic rings. The first-order valence-corrected chi connectivity index (χ1v) is 7.31. The maximum absolute atomic E-state index is 11.9. The van der Waals surface area contributed by atoms with Gasteiger partial charge in [-0.05, 0) is 38.0 Å². The van der Waals surface area contributed by atoms with Crippen LogP contribution in [0.2, 0.25) is 0 Å². The van der Waals surface area contributed by atoms with E-state index in [9.17, 15) is 9.59 Å². The number of carbonyl (C=O) groups excluding carboxylic acids is 1. The molecule has 2 aliphatic carbocycles. The van der Waals surface area contributed by atoms with Crippen LogP contribution >= 0.6 is 0 Å². The maximum Gasteiger partial charge on any atom is 0.323 e. The molecule has 5 heteroatoms. The number of hydrogen-bond acceptors (Lipinski definition) is 3. The van der Waals surface area contributed by atoms with E-state index in [0.29, 0.717) is 18.8 Å². The van der Waals surface area contributed by atoms with Crippen molar-refractivity contribution < 1.29 is 14.7 Å². The summed E-state index contributed by atoms with van der Waals surface area (Å²) in [7, 11) is 0. The van der Waals surface area contributed by atoms with Gasteiger partial charge in [0, 0.05) is 6.04 Å². The van der Waals surface area contributed by atoms with Crippen LogP contribution in [0.1, 0.15) is 51.9 Å². The summed E-state index contributed by atoms with van der Waals surface area (Å²) in [6.45, 7) is 2.28. The average Bonchev–Trinajstić information content (AvgIpc) is 2.30. The highest BCUT2D eigenvalue weighted by atomic mass is 16.4. The van der Waals surface area contributed by atoms with Crippen LogP contribution < -0.4 is 10.6 Å². The third-order valence-electron chi connectivity index (χ3n) is 4.66. The fourth-order valence-corrected chi connectivity index (χ4v) is 3.03. The van der Waals surface area contributed by atoms with Crippen LogP contribution in [-0.4, -0.2) is 35.1 Å². The van der Waals surface area contributed by atoms with Crippen molar-refractivity contribution in [3.63, 3.8) is 0 Å². The third kappa shape index (κ3) is 3.26. The van der Waals surface area contributed by atoms with Gasteiger partial charge in [0.15, 0.2) is 0 Å². The van der Waals surface area contributed by atoms with Gasteiger partial charge in [0.25, 0.3) is 0 Å². The summed E-state index contributed by atoms with van der Waals surface area (Å²) >= 11 is 0. The lowest BCUT2D eigenvalue weighted by Crippen LogP contribution is -2.59. The number of aliphatic carboxylic acids is 1. The molecule has 0 bridgehead atoms. The molecule has 5 nitrogen and oxygen atoms in total. The van der Waals surface area contributed by atoms with Crippen LogP contribution in [-0.2, 0) is 9.59 Å². The van der Waals surface area contributed by atoms with E-state index in [1.165, 1.54) is 12.8 Å². The number of hydrogen-bond donors (Lipinski definition) is 3. The molecule has 2 atom stereocenters. The van der Waals surface area contributed by atoms with E-state index < -0.39 is 11.5 Å². The summed E-state index contributed by atoms with van der Waals surface area (Å²) in [6, 6.07) is 0.255. The summed E-state index contributed by atoms with van der Waals surface area (Å²) in [5.74, 6) is -0.390. The molecule has 2 saturated carbocycles. The molecule has 0 radical (unpaired) electrons. The highest BCUT2D eigenvalue weighted by molar-refractivity contribution is 5.83. The number of carbonyl (C=O) groups is 2. The Bertz CT molecular complexity index is 353. The summed E-state index contributed by atoms with van der Waals surface area (Å²) in [6.07, 6.45) is 6.77. The van der Waals surface area contributed by atoms with Gasteiger partial charge in [-0.25, -0.2) is 0 Å². The van der Waals surface area contributed by atoms with Crippen molar-refractivity contribution in [3.05, 3.63) is 0 Å². The quantitative estimate of drug-likeness (QED) is 0.702. The molecule has 0 saturated heterocycles. The Hall–Kier alpha value is -1.10. The first-order valence-electron chi connectivity index (χ1n) is 7.31. The van der Waals surface area contributed by atoms with Gasteiger partial charge in [-0.1, -0.05) is 19.8 Å². The van der Waals surface area contributed by atoms with Gasteiger partial charge in [0.1, 0.15) is 5.54 Å². The van der Waals surface area contributed by atoms with Crippen molar-refractivity contribution in [2.75, 3.05) is 6.54 Å². The predicted octanol–water partition coefficient (Wildman–Crippen LogP) is 1.28. The van der Waals surface area contributed by atoms with Crippen LogP contribution in [0.3, 0.4) is 0 Å². The highest BCUT2D eigenvalue weighted by Crippen LogP contribution is 2.31. The molecule has 0 aromatic heterocycles. The topological polar surface area (TPSA) is 78.4 Å². The summed E-state index contributed by atoms with van der Waals surface area (Å²) < 4.78 is 0. The SMILES string of the molecule is CC1CCCCC1NC(=O)CNC1(C(=O)O)CCC1. The van der Waals surface area contributed by atoms with Gasteiger partial charge in [0.05, 0.1) is 6.54 Å². The van der Waals surface area contributed by atoms with Crippen molar-refractivity contribution >= 4 is 11.9 Å². The molecule has 0 spiro atoms. The zero-order valence-electron chi connectivity index (χ0n) is 11.6. The lowest BCUT2D eigenvalue weighted by atomic mass is 9.77. The normalized spacial score (nSPS) is 29.3. The average molecular weight is 268 g/mol. The number of amides is 1. The minimum absolute atomic E-state index is 0.0775. The number of carboxylic acid groups (broad SMARTS) is 1. The van der Waals surface area contributed by atoms with Gasteiger partial charge in [0.2, 0.25) is 5.91 Å². The van der Waals surface area contributed by atoms with Crippen LogP contribution in [0.25, 0.3) is 0 Å². The van der Waals surface area contributed by atoms with Crippen molar-refractivity contribution in [2.24, 2.45) is 5.92 Å². The largest absolute Gasteiger partial charge is 0.480 e. The molecule has 1 amide bonds. The minimum atomic E-state index is -0.852. The number of rotatable bonds is 5. The molecule has 2 unspecified atom stereocenters. The van der Waals surface area contributed by atoms with Gasteiger partial charge >= 0.3 is 5.97 Å². The van der Waals surface area contributed by atoms with E-state index in [1.54, 1.807) is 0 Å². The van der Waals surface area contributed by atoms with E-state index in [1.807, 2.05) is 0 Å². The van der Waals surface area contributed by atoms with Crippen LogP contribution in [0.5, 0.6) is 0 Å². The Morgan fingerprint density at radius 2 is 1.89 bits per heavy atom. The van der Waals surface area contributed by atoms with E-state index in [0.717, 1.165) is 19.3 Å². The Labute approximate surface area is 114 Å². The summed E-state index contributed by atoms with van der Waals surface area (Å²) in [5.41, 5.74) is -0.852. The molecular weight excluding hydrogens is 244 g/mol. The second-order valence-corrected chi connectivity index (χ2v) is 6.03. The fraction of sp³-hybridized carbons (Fsp3) is 0.857. The van der Waals surface area contributed by atoms with Gasteiger partial charge in [-0.2, -0.15) is 0 Å². The fourth-order valence-electron chi connectivity index (χ4n) is 3.03. The monoisotopic (exact) mass is 268 g/mol. The molecule has 0 aromatic carbocycles. The predicted molar refractivity (Wildman–Crippen MR) is 71.8 cm³/mol. The highest BCUT2D eigenvalue weighted by Gasteiger charge is 2.44. The molecule has 0 heterocycles. The zero-order chi connectivity index (χ0) is 13.9. The van der Waals surface area contributed by atoms with Gasteiger partial charge in [-0.3, -0.25) is 14.9 Å². The van der Waals surface area contributed by atoms with Gasteiger partial charge < -0.3 is 10.4 Å². The van der Waals surface area contributed by atoms with E-state index in [-0.39, 0.29) is 18.5 Å². The smallest absolute Gasteiger partial charge is 0.323 e. The molecule has 2 fully saturated rings. The molecule has 3 N–H and O–H groups in total. The zero-order valence-corrected chi connectivity index (χ0v) is 11.6. The van der Waals surface area contributed by atoms with E-state index in [4.69, 9.17) is 5.11 Å². The van der Waals surface area contributed by atoms with Crippen LogP contribution in [0.15, 0.2) is 0 Å². The first-order chi connectivity index (χ1) is 9.03. The molecular formula is C14H24N2O3. The summed E-state index contributed by atoms with van der Waals surface area (Å²) in [5, 5.41) is 15.1. The molecule has 2 rings (SSSR count). The summed E-state index contributed by atoms with van der Waals surface area (Å²) in [4.78, 5) is 23.1. The molecule has 0 aliphatic heterocycles. The van der Waals surface area contributed by atoms with Crippen molar-refractivity contribution in [2.45, 2.75) is 63.5 Å². The maximum atomic E-state index is 11.9. The molecule has 0 aromatic rings. The lowest BCUT2D eigenvalue weighted by molar-refractivity contribution is -0.149. The van der Waals surface area contributed by atoms with E-state index >= 15 is 0 Å². The van der Waals surface area contributed by atoms with Crippen LogP contribution in [0.4, 0.5) is 0 Å². The van der Waals surface area contributed by atoms with Gasteiger partial charge in [-0.15, -0.1) is 0 Å². The third-order valence-corrected chi connectivity index (χ3v) is 4.66. The molecule has 108 valence electrons. The van der Waals surface area contributed by atoms with Crippen molar-refractivity contribution in [1.29, 1.82) is 0 Å². The minimum Gasteiger partial charge on any atom is -0.480 e. The lowest BCUT2D eigenvalue weighted by Gasteiger charge is -2.38.